The number of hydroxylamine groups is 4. The molecule has 0 radical (unpaired) electrons. The fourth-order valence-corrected chi connectivity index (χ4v) is 2.11. The van der Waals surface area contributed by atoms with Crippen LogP contribution in [0, 0.1) is 0 Å². The van der Waals surface area contributed by atoms with Crippen molar-refractivity contribution in [3.63, 3.8) is 0 Å². The molecule has 1 fully saturated rings. The minimum atomic E-state index is 0. The summed E-state index contributed by atoms with van der Waals surface area (Å²) in [5.74, 6) is 0.948. The molecule has 0 aromatic rings. The summed E-state index contributed by atoms with van der Waals surface area (Å²) in [5, 5.41) is 3.51. The van der Waals surface area contributed by atoms with Crippen LogP contribution in [-0.2, 0) is 14.4 Å². The van der Waals surface area contributed by atoms with Crippen molar-refractivity contribution in [2.24, 2.45) is 4.99 Å². The van der Waals surface area contributed by atoms with Gasteiger partial charge in [-0.3, -0.25) is 14.2 Å². The Morgan fingerprint density at radius 2 is 1.89 bits per heavy atom. The molecule has 0 bridgehead atoms. The summed E-state index contributed by atoms with van der Waals surface area (Å²) in [6, 6.07) is 0. The van der Waals surface area contributed by atoms with Crippen molar-refractivity contribution in [3.8, 4) is 0 Å². The van der Waals surface area contributed by atoms with Crippen LogP contribution in [0.4, 0.5) is 0 Å². The SMILES string of the molecule is CON1CN=C([N+]2(C)CCOCC2)N(OC)C1.[Cl-]. The van der Waals surface area contributed by atoms with Gasteiger partial charge in [0.1, 0.15) is 26.4 Å². The fourth-order valence-electron chi connectivity index (χ4n) is 2.11. The number of aliphatic imine (C=N–C) groups is 1. The molecule has 18 heavy (non-hydrogen) atoms. The molecule has 2 heterocycles. The highest BCUT2D eigenvalue weighted by Crippen LogP contribution is 2.16. The topological polar surface area (TPSA) is 46.5 Å². The zero-order chi connectivity index (χ0) is 12.3. The highest BCUT2D eigenvalue weighted by Gasteiger charge is 2.39. The molecular formula is C10H21ClN4O3. The van der Waals surface area contributed by atoms with E-state index in [2.05, 4.69) is 12.0 Å². The number of halogens is 1. The van der Waals surface area contributed by atoms with Crippen molar-refractivity contribution in [2.45, 2.75) is 0 Å². The second kappa shape index (κ2) is 6.65. The molecule has 7 nitrogen and oxygen atoms in total. The predicted molar refractivity (Wildman–Crippen MR) is 61.6 cm³/mol. The Kier molecular flexibility index (Phi) is 5.77. The van der Waals surface area contributed by atoms with Crippen LogP contribution in [0.1, 0.15) is 0 Å². The fraction of sp³-hybridized carbons (Fsp3) is 0.900. The lowest BCUT2D eigenvalue weighted by molar-refractivity contribution is -0.839. The quantitative estimate of drug-likeness (QED) is 0.491. The van der Waals surface area contributed by atoms with E-state index in [9.17, 15) is 0 Å². The number of hydrogen-bond acceptors (Lipinski definition) is 6. The Bertz CT molecular complexity index is 297. The van der Waals surface area contributed by atoms with Crippen molar-refractivity contribution in [2.75, 3.05) is 60.9 Å². The number of guanidine groups is 1. The minimum absolute atomic E-state index is 0. The average molecular weight is 281 g/mol. The summed E-state index contributed by atoms with van der Waals surface area (Å²) in [6.07, 6.45) is 0. The molecule has 0 aliphatic carbocycles. The van der Waals surface area contributed by atoms with Gasteiger partial charge in [0.2, 0.25) is 0 Å². The molecule has 0 atom stereocenters. The third kappa shape index (κ3) is 3.11. The molecular weight excluding hydrogens is 260 g/mol. The zero-order valence-corrected chi connectivity index (χ0v) is 11.9. The van der Waals surface area contributed by atoms with Gasteiger partial charge in [0.25, 0.3) is 0 Å². The largest absolute Gasteiger partial charge is 1.00 e. The molecule has 8 heteroatoms. The third-order valence-electron chi connectivity index (χ3n) is 3.30. The normalized spacial score (nSPS) is 24.4. The first kappa shape index (κ1) is 15.6. The molecule has 0 aromatic carbocycles. The lowest BCUT2D eigenvalue weighted by atomic mass is 10.3. The van der Waals surface area contributed by atoms with E-state index < -0.39 is 0 Å². The maximum Gasteiger partial charge on any atom is 0.327 e. The second-order valence-electron chi connectivity index (χ2n) is 4.42. The van der Waals surface area contributed by atoms with Gasteiger partial charge in [-0.2, -0.15) is 10.1 Å². The highest BCUT2D eigenvalue weighted by molar-refractivity contribution is 5.72. The summed E-state index contributed by atoms with van der Waals surface area (Å²) in [7, 11) is 5.45. The van der Waals surface area contributed by atoms with Gasteiger partial charge in [0, 0.05) is 0 Å². The van der Waals surface area contributed by atoms with E-state index in [1.807, 2.05) is 0 Å². The smallest absolute Gasteiger partial charge is 0.327 e. The standard InChI is InChI=1S/C10H21N4O3.ClH/c1-14(4-6-17-7-5-14)10-11-8-12(15-2)9-13(10)16-3;/h4-9H2,1-3H3;1H/q+1;/p-1. The third-order valence-corrected chi connectivity index (χ3v) is 3.30. The predicted octanol–water partition coefficient (Wildman–Crippen LogP) is -3.52. The molecule has 0 spiro atoms. The van der Waals surface area contributed by atoms with Crippen LogP contribution in [0.25, 0.3) is 0 Å². The summed E-state index contributed by atoms with van der Waals surface area (Å²) in [5.41, 5.74) is 0. The molecule has 1 saturated heterocycles. The minimum Gasteiger partial charge on any atom is -1.00 e. The molecule has 2 aliphatic rings. The number of ether oxygens (including phenoxy) is 1. The molecule has 2 rings (SSSR count). The summed E-state index contributed by atoms with van der Waals surface area (Å²) >= 11 is 0. The molecule has 0 saturated carbocycles. The van der Waals surface area contributed by atoms with Gasteiger partial charge in [0.15, 0.2) is 0 Å². The summed E-state index contributed by atoms with van der Waals surface area (Å²) in [6.45, 7) is 4.49. The Morgan fingerprint density at radius 1 is 1.22 bits per heavy atom. The van der Waals surface area contributed by atoms with Crippen LogP contribution in [0.3, 0.4) is 0 Å². The number of morpholine rings is 1. The van der Waals surface area contributed by atoms with E-state index in [1.54, 1.807) is 24.3 Å². The molecule has 106 valence electrons. The Morgan fingerprint density at radius 3 is 2.44 bits per heavy atom. The van der Waals surface area contributed by atoms with Crippen LogP contribution in [-0.4, -0.2) is 81.5 Å². The van der Waals surface area contributed by atoms with Crippen LogP contribution in [0.5, 0.6) is 0 Å². The molecule has 0 aromatic heterocycles. The lowest BCUT2D eigenvalue weighted by Gasteiger charge is -2.42. The van der Waals surface area contributed by atoms with Crippen LogP contribution in [0.15, 0.2) is 4.99 Å². The molecule has 0 amide bonds. The van der Waals surface area contributed by atoms with Crippen LogP contribution in [0.2, 0.25) is 0 Å². The number of rotatable bonds is 2. The van der Waals surface area contributed by atoms with Crippen LogP contribution >= 0.6 is 0 Å². The van der Waals surface area contributed by atoms with E-state index in [1.165, 1.54) is 0 Å². The maximum absolute atomic E-state index is 5.40. The number of likely N-dealkylation sites (N-methyl/N-ethyl adjacent to an activating group) is 1. The van der Waals surface area contributed by atoms with Crippen molar-refractivity contribution < 1.29 is 31.3 Å². The maximum atomic E-state index is 5.40. The lowest BCUT2D eigenvalue weighted by Crippen LogP contribution is -3.00. The van der Waals surface area contributed by atoms with Gasteiger partial charge in [-0.05, 0) is 0 Å². The zero-order valence-electron chi connectivity index (χ0n) is 11.1. The van der Waals surface area contributed by atoms with Crippen LogP contribution < -0.4 is 12.4 Å². The average Bonchev–Trinajstić information content (AvgIpc) is 2.38. The molecule has 2 aliphatic heterocycles. The van der Waals surface area contributed by atoms with Crippen molar-refractivity contribution in [1.29, 1.82) is 0 Å². The monoisotopic (exact) mass is 280 g/mol. The highest BCUT2D eigenvalue weighted by atomic mass is 35.5. The van der Waals surface area contributed by atoms with Crippen molar-refractivity contribution >= 4 is 5.96 Å². The first-order chi connectivity index (χ1) is 8.19. The Hall–Kier alpha value is -0.440. The van der Waals surface area contributed by atoms with E-state index >= 15 is 0 Å². The first-order valence-electron chi connectivity index (χ1n) is 5.77. The van der Waals surface area contributed by atoms with Crippen molar-refractivity contribution in [3.05, 3.63) is 0 Å². The van der Waals surface area contributed by atoms with E-state index in [4.69, 9.17) is 14.4 Å². The van der Waals surface area contributed by atoms with E-state index in [-0.39, 0.29) is 12.4 Å². The Balaban J connectivity index is 0.00000162. The van der Waals surface area contributed by atoms with E-state index in [0.717, 1.165) is 36.7 Å². The van der Waals surface area contributed by atoms with Gasteiger partial charge in [-0.1, -0.05) is 0 Å². The summed E-state index contributed by atoms with van der Waals surface area (Å²) in [4.78, 5) is 15.1. The number of nitrogens with zero attached hydrogens (tertiary/aromatic N) is 4. The van der Waals surface area contributed by atoms with Gasteiger partial charge in [-0.15, -0.1) is 5.06 Å². The second-order valence-corrected chi connectivity index (χ2v) is 4.42. The Labute approximate surface area is 114 Å². The summed E-state index contributed by atoms with van der Waals surface area (Å²) < 4.78 is 6.16. The van der Waals surface area contributed by atoms with Gasteiger partial charge in [0.05, 0.1) is 34.5 Å². The van der Waals surface area contributed by atoms with Crippen molar-refractivity contribution in [1.82, 2.24) is 10.1 Å². The molecule has 0 N–H and O–H groups in total. The van der Waals surface area contributed by atoms with E-state index in [0.29, 0.717) is 13.3 Å². The van der Waals surface area contributed by atoms with Gasteiger partial charge < -0.3 is 17.1 Å². The first-order valence-corrected chi connectivity index (χ1v) is 5.77. The number of hydrogen-bond donors (Lipinski definition) is 0. The van der Waals surface area contributed by atoms with Gasteiger partial charge >= 0.3 is 5.96 Å². The molecule has 0 unspecified atom stereocenters. The van der Waals surface area contributed by atoms with Gasteiger partial charge in [-0.25, -0.2) is 0 Å². The number of quaternary nitrogens is 1.